The second-order valence-corrected chi connectivity index (χ2v) is 7.21. The summed E-state index contributed by atoms with van der Waals surface area (Å²) < 4.78 is 16.7. The number of aromatic hydroxyl groups is 1. The van der Waals surface area contributed by atoms with E-state index in [1.54, 1.807) is 19.1 Å². The average Bonchev–Trinajstić information content (AvgIpc) is 2.78. The highest BCUT2D eigenvalue weighted by Crippen LogP contribution is 2.45. The van der Waals surface area contributed by atoms with Crippen LogP contribution in [0, 0.1) is 0 Å². The predicted molar refractivity (Wildman–Crippen MR) is 113 cm³/mol. The summed E-state index contributed by atoms with van der Waals surface area (Å²) in [5.74, 6) is 1.23. The molecule has 2 atom stereocenters. The molecular formula is C25H24O5. The van der Waals surface area contributed by atoms with Gasteiger partial charge in [-0.05, 0) is 48.2 Å². The lowest BCUT2D eigenvalue weighted by molar-refractivity contribution is -0.145. The Bertz CT molecular complexity index is 998. The van der Waals surface area contributed by atoms with E-state index in [2.05, 4.69) is 12.1 Å². The number of phenolic OH excluding ortho intramolecular Hbond substituents is 1. The topological polar surface area (TPSA) is 65.0 Å². The molecule has 1 aliphatic rings. The molecule has 1 aliphatic heterocycles. The van der Waals surface area contributed by atoms with Gasteiger partial charge in [-0.15, -0.1) is 0 Å². The fraction of sp³-hybridized carbons (Fsp3) is 0.240. The largest absolute Gasteiger partial charge is 0.508 e. The molecule has 4 rings (SSSR count). The molecule has 0 fully saturated rings. The lowest BCUT2D eigenvalue weighted by Gasteiger charge is -2.34. The Balaban J connectivity index is 1.59. The first-order valence-corrected chi connectivity index (χ1v) is 10.1. The third-order valence-electron chi connectivity index (χ3n) is 5.21. The molecular weight excluding hydrogens is 380 g/mol. The number of carbonyl (C=O) groups is 1. The van der Waals surface area contributed by atoms with Crippen molar-refractivity contribution in [1.82, 2.24) is 0 Å². The Hall–Kier alpha value is -3.47. The lowest BCUT2D eigenvalue weighted by Crippen LogP contribution is -2.24. The summed E-state index contributed by atoms with van der Waals surface area (Å²) in [4.78, 5) is 11.5. The number of carbonyl (C=O) groups excluding carboxylic acids is 1. The molecule has 5 nitrogen and oxygen atoms in total. The molecule has 3 aromatic rings. The second-order valence-electron chi connectivity index (χ2n) is 7.21. The fourth-order valence-electron chi connectivity index (χ4n) is 3.78. The van der Waals surface area contributed by atoms with Crippen molar-refractivity contribution in [2.75, 3.05) is 13.2 Å². The van der Waals surface area contributed by atoms with Crippen LogP contribution in [-0.2, 0) is 16.0 Å². The molecule has 5 heteroatoms. The average molecular weight is 404 g/mol. The van der Waals surface area contributed by atoms with Gasteiger partial charge in [0.1, 0.15) is 23.4 Å². The Morgan fingerprint density at radius 1 is 1.03 bits per heavy atom. The molecule has 2 unspecified atom stereocenters. The molecule has 0 bridgehead atoms. The first-order chi connectivity index (χ1) is 14.6. The van der Waals surface area contributed by atoms with Crippen LogP contribution in [0.2, 0.25) is 0 Å². The molecule has 0 radical (unpaired) electrons. The van der Waals surface area contributed by atoms with Gasteiger partial charge < -0.3 is 19.3 Å². The van der Waals surface area contributed by atoms with Gasteiger partial charge in [0, 0.05) is 12.0 Å². The van der Waals surface area contributed by atoms with Crippen LogP contribution in [0.4, 0.5) is 0 Å². The van der Waals surface area contributed by atoms with Gasteiger partial charge in [-0.1, -0.05) is 48.5 Å². The van der Waals surface area contributed by atoms with Crippen LogP contribution in [0.3, 0.4) is 0 Å². The van der Waals surface area contributed by atoms with Crippen molar-refractivity contribution in [3.05, 3.63) is 89.5 Å². The van der Waals surface area contributed by atoms with Crippen molar-refractivity contribution in [2.45, 2.75) is 25.4 Å². The van der Waals surface area contributed by atoms with E-state index in [1.807, 2.05) is 48.5 Å². The zero-order chi connectivity index (χ0) is 20.9. The van der Waals surface area contributed by atoms with Crippen molar-refractivity contribution in [2.24, 2.45) is 0 Å². The van der Waals surface area contributed by atoms with E-state index in [0.29, 0.717) is 18.1 Å². The van der Waals surface area contributed by atoms with Crippen LogP contribution < -0.4 is 9.47 Å². The zero-order valence-corrected chi connectivity index (χ0v) is 16.8. The van der Waals surface area contributed by atoms with Crippen molar-refractivity contribution < 1.29 is 24.1 Å². The van der Waals surface area contributed by atoms with E-state index in [4.69, 9.17) is 14.2 Å². The minimum Gasteiger partial charge on any atom is -0.508 e. The Labute approximate surface area is 175 Å². The maximum absolute atomic E-state index is 11.5. The summed E-state index contributed by atoms with van der Waals surface area (Å²) >= 11 is 0. The van der Waals surface area contributed by atoms with Crippen LogP contribution >= 0.6 is 0 Å². The van der Waals surface area contributed by atoms with Crippen molar-refractivity contribution in [3.8, 4) is 17.2 Å². The van der Waals surface area contributed by atoms with Gasteiger partial charge in [0.05, 0.1) is 6.61 Å². The van der Waals surface area contributed by atoms with Crippen molar-refractivity contribution in [1.29, 1.82) is 0 Å². The minimum absolute atomic E-state index is 0.119. The third-order valence-corrected chi connectivity index (χ3v) is 5.21. The third kappa shape index (κ3) is 4.40. The number of hydrogen-bond donors (Lipinski definition) is 1. The quantitative estimate of drug-likeness (QED) is 0.598. The summed E-state index contributed by atoms with van der Waals surface area (Å²) in [5, 5.41) is 9.87. The van der Waals surface area contributed by atoms with Crippen molar-refractivity contribution >= 4 is 5.97 Å². The number of benzene rings is 3. The number of hydrogen-bond acceptors (Lipinski definition) is 5. The van der Waals surface area contributed by atoms with Crippen LogP contribution in [0.1, 0.15) is 35.6 Å². The minimum atomic E-state index is -0.391. The van der Waals surface area contributed by atoms with Gasteiger partial charge in [0.25, 0.3) is 0 Å². The van der Waals surface area contributed by atoms with Crippen LogP contribution in [0.25, 0.3) is 0 Å². The molecule has 30 heavy (non-hydrogen) atoms. The lowest BCUT2D eigenvalue weighted by atomic mass is 9.82. The molecule has 0 amide bonds. The number of ether oxygens (including phenoxy) is 3. The Kier molecular flexibility index (Phi) is 5.89. The van der Waals surface area contributed by atoms with Gasteiger partial charge in [0.2, 0.25) is 0 Å². The molecule has 0 saturated heterocycles. The Morgan fingerprint density at radius 3 is 2.53 bits per heavy atom. The first kappa shape index (κ1) is 19.8. The fourth-order valence-corrected chi connectivity index (χ4v) is 3.78. The van der Waals surface area contributed by atoms with Gasteiger partial charge >= 0.3 is 5.97 Å². The molecule has 0 aromatic heterocycles. The molecule has 0 saturated carbocycles. The molecule has 3 aromatic carbocycles. The van der Waals surface area contributed by atoms with E-state index in [1.165, 1.54) is 5.56 Å². The summed E-state index contributed by atoms with van der Waals surface area (Å²) in [6.45, 7) is 1.97. The van der Waals surface area contributed by atoms with E-state index >= 15 is 0 Å². The normalized spacial score (nSPS) is 17.5. The van der Waals surface area contributed by atoms with Gasteiger partial charge in [-0.2, -0.15) is 0 Å². The summed E-state index contributed by atoms with van der Waals surface area (Å²) in [6, 6.07) is 23.1. The number of esters is 1. The standard InChI is InChI=1S/C25H24O5/c1-2-28-24(27)16-29-21-12-9-18(10-13-21)25-22(17-6-4-3-5-7-17)14-19-8-11-20(26)15-23(19)30-25/h3-13,15,22,25-26H,2,14,16H2,1H3. The first-order valence-electron chi connectivity index (χ1n) is 10.1. The molecule has 154 valence electrons. The highest BCUT2D eigenvalue weighted by molar-refractivity contribution is 5.71. The number of phenols is 1. The Morgan fingerprint density at radius 2 is 1.80 bits per heavy atom. The van der Waals surface area contributed by atoms with Gasteiger partial charge in [-0.25, -0.2) is 4.79 Å². The number of rotatable bonds is 6. The van der Waals surface area contributed by atoms with Crippen LogP contribution in [0.15, 0.2) is 72.8 Å². The van der Waals surface area contributed by atoms with E-state index in [-0.39, 0.29) is 24.4 Å². The molecule has 1 N–H and O–H groups in total. The summed E-state index contributed by atoms with van der Waals surface area (Å²) in [7, 11) is 0. The van der Waals surface area contributed by atoms with E-state index < -0.39 is 5.97 Å². The second kappa shape index (κ2) is 8.91. The molecule has 0 aliphatic carbocycles. The monoisotopic (exact) mass is 404 g/mol. The predicted octanol–water partition coefficient (Wildman–Crippen LogP) is 4.79. The maximum Gasteiger partial charge on any atom is 0.344 e. The summed E-state index contributed by atoms with van der Waals surface area (Å²) in [5.41, 5.74) is 3.28. The maximum atomic E-state index is 11.5. The van der Waals surface area contributed by atoms with E-state index in [9.17, 15) is 9.90 Å². The van der Waals surface area contributed by atoms with Crippen molar-refractivity contribution in [3.63, 3.8) is 0 Å². The SMILES string of the molecule is CCOC(=O)COc1ccc(C2Oc3cc(O)ccc3CC2c2ccccc2)cc1. The number of fused-ring (bicyclic) bond motifs is 1. The summed E-state index contributed by atoms with van der Waals surface area (Å²) in [6.07, 6.45) is 0.603. The van der Waals surface area contributed by atoms with Gasteiger partial charge in [-0.3, -0.25) is 0 Å². The smallest absolute Gasteiger partial charge is 0.344 e. The highest BCUT2D eigenvalue weighted by Gasteiger charge is 2.32. The van der Waals surface area contributed by atoms with E-state index in [0.717, 1.165) is 17.5 Å². The molecule has 1 heterocycles. The zero-order valence-electron chi connectivity index (χ0n) is 16.8. The molecule has 0 spiro atoms. The highest BCUT2D eigenvalue weighted by atomic mass is 16.6. The van der Waals surface area contributed by atoms with Crippen LogP contribution in [0.5, 0.6) is 17.2 Å². The van der Waals surface area contributed by atoms with Crippen LogP contribution in [-0.4, -0.2) is 24.3 Å². The van der Waals surface area contributed by atoms with Gasteiger partial charge in [0.15, 0.2) is 6.61 Å².